The number of thiophene rings is 1. The van der Waals surface area contributed by atoms with E-state index >= 15 is 0 Å². The maximum Gasteiger partial charge on any atom is 0.254 e. The quantitative estimate of drug-likeness (QED) is 0.770. The van der Waals surface area contributed by atoms with Gasteiger partial charge in [0.25, 0.3) is 5.91 Å². The number of hydrogen-bond donors (Lipinski definition) is 0. The standard InChI is InChI=1S/C12H19NOS/c1-5-6-7-13(4)12(14)11-8-15-10(3)9(11)2/h8H,5-7H2,1-4H3. The van der Waals surface area contributed by atoms with Crippen LogP contribution >= 0.6 is 11.3 Å². The molecule has 2 nitrogen and oxygen atoms in total. The van der Waals surface area contributed by atoms with Gasteiger partial charge in [0.1, 0.15) is 0 Å². The van der Waals surface area contributed by atoms with Gasteiger partial charge in [0.05, 0.1) is 5.56 Å². The molecule has 0 atom stereocenters. The molecule has 1 rings (SSSR count). The monoisotopic (exact) mass is 225 g/mol. The molecule has 0 saturated heterocycles. The highest BCUT2D eigenvalue weighted by molar-refractivity contribution is 7.10. The summed E-state index contributed by atoms with van der Waals surface area (Å²) in [7, 11) is 1.88. The second-order valence-corrected chi connectivity index (χ2v) is 4.99. The Bertz CT molecular complexity index is 343. The lowest BCUT2D eigenvalue weighted by molar-refractivity contribution is 0.0793. The fourth-order valence-corrected chi connectivity index (χ4v) is 2.29. The average Bonchev–Trinajstić information content (AvgIpc) is 2.55. The molecule has 0 saturated carbocycles. The second-order valence-electron chi connectivity index (χ2n) is 3.91. The van der Waals surface area contributed by atoms with Crippen molar-refractivity contribution in [3.05, 3.63) is 21.4 Å². The van der Waals surface area contributed by atoms with Gasteiger partial charge in [-0.15, -0.1) is 11.3 Å². The van der Waals surface area contributed by atoms with E-state index in [1.165, 1.54) is 4.88 Å². The summed E-state index contributed by atoms with van der Waals surface area (Å²) in [6.07, 6.45) is 2.20. The summed E-state index contributed by atoms with van der Waals surface area (Å²) in [4.78, 5) is 15.1. The van der Waals surface area contributed by atoms with Crippen LogP contribution in [0.4, 0.5) is 0 Å². The molecule has 0 aliphatic heterocycles. The topological polar surface area (TPSA) is 20.3 Å². The number of carbonyl (C=O) groups is 1. The van der Waals surface area contributed by atoms with Crippen molar-refractivity contribution in [1.82, 2.24) is 4.90 Å². The first-order valence-corrected chi connectivity index (χ1v) is 6.26. The SMILES string of the molecule is CCCCN(C)C(=O)c1csc(C)c1C. The highest BCUT2D eigenvalue weighted by atomic mass is 32.1. The summed E-state index contributed by atoms with van der Waals surface area (Å²) in [5.74, 6) is 0.158. The zero-order valence-corrected chi connectivity index (χ0v) is 10.8. The molecule has 15 heavy (non-hydrogen) atoms. The van der Waals surface area contributed by atoms with E-state index in [1.54, 1.807) is 11.3 Å². The first kappa shape index (κ1) is 12.2. The second kappa shape index (κ2) is 5.31. The number of rotatable bonds is 4. The van der Waals surface area contributed by atoms with Gasteiger partial charge in [0, 0.05) is 23.8 Å². The van der Waals surface area contributed by atoms with Crippen LogP contribution in [0.3, 0.4) is 0 Å². The molecule has 0 bridgehead atoms. The lowest BCUT2D eigenvalue weighted by atomic mass is 10.1. The van der Waals surface area contributed by atoms with Crippen molar-refractivity contribution < 1.29 is 4.79 Å². The molecule has 0 fully saturated rings. The minimum atomic E-state index is 0.158. The Morgan fingerprint density at radius 3 is 2.60 bits per heavy atom. The van der Waals surface area contributed by atoms with E-state index in [1.807, 2.05) is 24.3 Å². The maximum absolute atomic E-state index is 12.0. The van der Waals surface area contributed by atoms with Crippen LogP contribution in [-0.2, 0) is 0 Å². The number of nitrogens with zero attached hydrogens (tertiary/aromatic N) is 1. The Morgan fingerprint density at radius 2 is 2.13 bits per heavy atom. The van der Waals surface area contributed by atoms with Crippen LogP contribution in [0, 0.1) is 13.8 Å². The molecular formula is C12H19NOS. The molecular weight excluding hydrogens is 206 g/mol. The van der Waals surface area contributed by atoms with E-state index < -0.39 is 0 Å². The highest BCUT2D eigenvalue weighted by Gasteiger charge is 2.15. The molecule has 0 radical (unpaired) electrons. The molecule has 0 unspecified atom stereocenters. The lowest BCUT2D eigenvalue weighted by Crippen LogP contribution is -2.27. The minimum absolute atomic E-state index is 0.158. The van der Waals surface area contributed by atoms with Crippen LogP contribution in [0.15, 0.2) is 5.38 Å². The van der Waals surface area contributed by atoms with E-state index in [4.69, 9.17) is 0 Å². The Balaban J connectivity index is 2.72. The van der Waals surface area contributed by atoms with Gasteiger partial charge in [-0.3, -0.25) is 4.79 Å². The van der Waals surface area contributed by atoms with Crippen molar-refractivity contribution in [3.63, 3.8) is 0 Å². The third-order valence-corrected chi connectivity index (χ3v) is 3.72. The molecule has 0 aromatic carbocycles. The van der Waals surface area contributed by atoms with Crippen LogP contribution in [0.1, 0.15) is 40.6 Å². The van der Waals surface area contributed by atoms with Gasteiger partial charge in [0.15, 0.2) is 0 Å². The number of unbranched alkanes of at least 4 members (excludes halogenated alkanes) is 1. The van der Waals surface area contributed by atoms with Gasteiger partial charge in [0.2, 0.25) is 0 Å². The molecule has 3 heteroatoms. The molecule has 0 N–H and O–H groups in total. The van der Waals surface area contributed by atoms with Crippen molar-refractivity contribution in [1.29, 1.82) is 0 Å². The molecule has 0 aliphatic rings. The van der Waals surface area contributed by atoms with Gasteiger partial charge in [-0.25, -0.2) is 0 Å². The van der Waals surface area contributed by atoms with Crippen molar-refractivity contribution in [2.24, 2.45) is 0 Å². The molecule has 0 aliphatic carbocycles. The molecule has 1 aromatic heterocycles. The van der Waals surface area contributed by atoms with Crippen molar-refractivity contribution in [2.45, 2.75) is 33.6 Å². The van der Waals surface area contributed by atoms with E-state index in [-0.39, 0.29) is 5.91 Å². The van der Waals surface area contributed by atoms with Gasteiger partial charge in [-0.1, -0.05) is 13.3 Å². The summed E-state index contributed by atoms with van der Waals surface area (Å²) in [6.45, 7) is 7.07. The van der Waals surface area contributed by atoms with Gasteiger partial charge in [-0.2, -0.15) is 0 Å². The summed E-state index contributed by atoms with van der Waals surface area (Å²) in [6, 6.07) is 0. The summed E-state index contributed by atoms with van der Waals surface area (Å²) in [5, 5.41) is 1.97. The highest BCUT2D eigenvalue weighted by Crippen LogP contribution is 2.21. The third-order valence-electron chi connectivity index (χ3n) is 2.71. The van der Waals surface area contributed by atoms with Gasteiger partial charge in [-0.05, 0) is 25.8 Å². The largest absolute Gasteiger partial charge is 0.342 e. The zero-order chi connectivity index (χ0) is 11.4. The summed E-state index contributed by atoms with van der Waals surface area (Å²) < 4.78 is 0. The van der Waals surface area contributed by atoms with E-state index in [2.05, 4.69) is 13.8 Å². The van der Waals surface area contributed by atoms with Crippen LogP contribution in [0.2, 0.25) is 0 Å². The van der Waals surface area contributed by atoms with Crippen LogP contribution in [-0.4, -0.2) is 24.4 Å². The average molecular weight is 225 g/mol. The summed E-state index contributed by atoms with van der Waals surface area (Å²) in [5.41, 5.74) is 2.00. The first-order valence-electron chi connectivity index (χ1n) is 5.38. The fraction of sp³-hybridized carbons (Fsp3) is 0.583. The van der Waals surface area contributed by atoms with Crippen LogP contribution in [0.25, 0.3) is 0 Å². The fourth-order valence-electron chi connectivity index (χ4n) is 1.43. The van der Waals surface area contributed by atoms with Crippen molar-refractivity contribution in [3.8, 4) is 0 Å². The van der Waals surface area contributed by atoms with E-state index in [0.29, 0.717) is 0 Å². The molecule has 1 amide bonds. The number of hydrogen-bond acceptors (Lipinski definition) is 2. The third kappa shape index (κ3) is 2.81. The van der Waals surface area contributed by atoms with Crippen LogP contribution in [0.5, 0.6) is 0 Å². The predicted octanol–water partition coefficient (Wildman–Crippen LogP) is 3.24. The molecule has 84 valence electrons. The van der Waals surface area contributed by atoms with Gasteiger partial charge < -0.3 is 4.90 Å². The van der Waals surface area contributed by atoms with Crippen molar-refractivity contribution >= 4 is 17.2 Å². The smallest absolute Gasteiger partial charge is 0.254 e. The molecule has 1 aromatic rings. The number of amides is 1. The molecule has 0 spiro atoms. The normalized spacial score (nSPS) is 10.4. The summed E-state index contributed by atoms with van der Waals surface area (Å²) >= 11 is 1.65. The predicted molar refractivity (Wildman–Crippen MR) is 65.7 cm³/mol. The Morgan fingerprint density at radius 1 is 1.47 bits per heavy atom. The Kier molecular flexibility index (Phi) is 4.33. The van der Waals surface area contributed by atoms with E-state index in [0.717, 1.165) is 30.5 Å². The Hall–Kier alpha value is -0.830. The van der Waals surface area contributed by atoms with Gasteiger partial charge >= 0.3 is 0 Å². The first-order chi connectivity index (χ1) is 7.07. The number of aryl methyl sites for hydroxylation is 1. The number of carbonyl (C=O) groups excluding carboxylic acids is 1. The maximum atomic E-state index is 12.0. The van der Waals surface area contributed by atoms with Crippen LogP contribution < -0.4 is 0 Å². The van der Waals surface area contributed by atoms with Crippen molar-refractivity contribution in [2.75, 3.05) is 13.6 Å². The zero-order valence-electron chi connectivity index (χ0n) is 9.96. The molecule has 1 heterocycles. The Labute approximate surface area is 95.9 Å². The lowest BCUT2D eigenvalue weighted by Gasteiger charge is -2.16. The minimum Gasteiger partial charge on any atom is -0.342 e. The van der Waals surface area contributed by atoms with E-state index in [9.17, 15) is 4.79 Å².